The van der Waals surface area contributed by atoms with Crippen LogP contribution in [-0.2, 0) is 23.1 Å². The fourth-order valence-corrected chi connectivity index (χ4v) is 2.40. The number of nitrogens with zero attached hydrogens (tertiary/aromatic N) is 3. The Bertz CT molecular complexity index is 403. The van der Waals surface area contributed by atoms with Crippen LogP contribution in [0.4, 0.5) is 0 Å². The van der Waals surface area contributed by atoms with Gasteiger partial charge in [-0.05, 0) is 26.3 Å². The molecule has 0 amide bonds. The average Bonchev–Trinajstić information content (AvgIpc) is 2.76. The van der Waals surface area contributed by atoms with Gasteiger partial charge in [-0.1, -0.05) is 0 Å². The van der Waals surface area contributed by atoms with Gasteiger partial charge >= 0.3 is 5.97 Å². The number of carbonyl (C=O) groups is 1. The van der Waals surface area contributed by atoms with E-state index >= 15 is 0 Å². The first-order chi connectivity index (χ1) is 8.70. The molecule has 5 nitrogen and oxygen atoms in total. The van der Waals surface area contributed by atoms with Crippen LogP contribution in [0.25, 0.3) is 0 Å². The minimum absolute atomic E-state index is 0.0268. The van der Waals surface area contributed by atoms with E-state index < -0.39 is 0 Å². The Morgan fingerprint density at radius 3 is 3.11 bits per heavy atom. The molecule has 1 saturated heterocycles. The minimum atomic E-state index is -0.0537. The summed E-state index contributed by atoms with van der Waals surface area (Å²) in [4.78, 5) is 18.3. The molecule has 0 N–H and O–H groups in total. The molecule has 0 saturated carbocycles. The number of aromatic nitrogens is 2. The molecule has 18 heavy (non-hydrogen) atoms. The lowest BCUT2D eigenvalue weighted by atomic mass is 9.98. The highest BCUT2D eigenvalue weighted by atomic mass is 16.5. The number of hydrogen-bond acceptors (Lipinski definition) is 4. The van der Waals surface area contributed by atoms with Crippen LogP contribution in [0.15, 0.2) is 12.4 Å². The Balaban J connectivity index is 1.91. The Morgan fingerprint density at radius 2 is 2.44 bits per heavy atom. The van der Waals surface area contributed by atoms with Gasteiger partial charge in [-0.2, -0.15) is 0 Å². The summed E-state index contributed by atoms with van der Waals surface area (Å²) in [5, 5.41) is 0. The SMILES string of the molecule is CCOC(=O)C1CCCN(Cc2nccn2C)C1. The van der Waals surface area contributed by atoms with Crippen molar-refractivity contribution in [2.45, 2.75) is 26.3 Å². The number of likely N-dealkylation sites (tertiary alicyclic amines) is 1. The minimum Gasteiger partial charge on any atom is -0.466 e. The molecule has 1 atom stereocenters. The van der Waals surface area contributed by atoms with Gasteiger partial charge < -0.3 is 9.30 Å². The van der Waals surface area contributed by atoms with Crippen molar-refractivity contribution in [3.05, 3.63) is 18.2 Å². The Morgan fingerprint density at radius 1 is 1.61 bits per heavy atom. The zero-order valence-electron chi connectivity index (χ0n) is 11.1. The smallest absolute Gasteiger partial charge is 0.310 e. The van der Waals surface area contributed by atoms with Crippen molar-refractivity contribution >= 4 is 5.97 Å². The van der Waals surface area contributed by atoms with Gasteiger partial charge in [-0.15, -0.1) is 0 Å². The van der Waals surface area contributed by atoms with E-state index in [0.29, 0.717) is 6.61 Å². The molecule has 0 bridgehead atoms. The summed E-state index contributed by atoms with van der Waals surface area (Å²) in [6.45, 7) is 4.94. The molecule has 0 aliphatic carbocycles. The molecular weight excluding hydrogens is 230 g/mol. The van der Waals surface area contributed by atoms with Gasteiger partial charge in [0, 0.05) is 26.0 Å². The van der Waals surface area contributed by atoms with Gasteiger partial charge in [0.1, 0.15) is 5.82 Å². The zero-order valence-corrected chi connectivity index (χ0v) is 11.1. The third-order valence-corrected chi connectivity index (χ3v) is 3.41. The largest absolute Gasteiger partial charge is 0.466 e. The van der Waals surface area contributed by atoms with Crippen LogP contribution in [0.2, 0.25) is 0 Å². The summed E-state index contributed by atoms with van der Waals surface area (Å²) in [6, 6.07) is 0. The molecule has 1 aliphatic rings. The molecule has 1 aromatic rings. The van der Waals surface area contributed by atoms with Crippen molar-refractivity contribution in [1.82, 2.24) is 14.5 Å². The third-order valence-electron chi connectivity index (χ3n) is 3.41. The van der Waals surface area contributed by atoms with Gasteiger partial charge in [0.25, 0.3) is 0 Å². The fraction of sp³-hybridized carbons (Fsp3) is 0.692. The second kappa shape index (κ2) is 6.00. The first-order valence-corrected chi connectivity index (χ1v) is 6.56. The van der Waals surface area contributed by atoms with Crippen molar-refractivity contribution in [1.29, 1.82) is 0 Å². The highest BCUT2D eigenvalue weighted by molar-refractivity contribution is 5.72. The van der Waals surface area contributed by atoms with Gasteiger partial charge in [0.2, 0.25) is 0 Å². The number of hydrogen-bond donors (Lipinski definition) is 0. The molecule has 0 aromatic carbocycles. The molecule has 0 spiro atoms. The fourth-order valence-electron chi connectivity index (χ4n) is 2.40. The average molecular weight is 251 g/mol. The number of carbonyl (C=O) groups excluding carboxylic acids is 1. The van der Waals surface area contributed by atoms with E-state index in [1.807, 2.05) is 30.9 Å². The van der Waals surface area contributed by atoms with E-state index in [9.17, 15) is 4.79 Å². The molecule has 1 unspecified atom stereocenters. The first-order valence-electron chi connectivity index (χ1n) is 6.56. The maximum Gasteiger partial charge on any atom is 0.310 e. The third kappa shape index (κ3) is 3.10. The second-order valence-electron chi connectivity index (χ2n) is 4.78. The van der Waals surface area contributed by atoms with Gasteiger partial charge in [-0.3, -0.25) is 9.69 Å². The van der Waals surface area contributed by atoms with Crippen molar-refractivity contribution in [2.24, 2.45) is 13.0 Å². The number of piperidine rings is 1. The van der Waals surface area contributed by atoms with Crippen LogP contribution < -0.4 is 0 Å². The van der Waals surface area contributed by atoms with E-state index in [2.05, 4.69) is 9.88 Å². The molecule has 2 heterocycles. The monoisotopic (exact) mass is 251 g/mol. The van der Waals surface area contributed by atoms with Crippen LogP contribution in [-0.4, -0.2) is 40.1 Å². The number of esters is 1. The lowest BCUT2D eigenvalue weighted by Gasteiger charge is -2.31. The topological polar surface area (TPSA) is 47.4 Å². The van der Waals surface area contributed by atoms with E-state index in [-0.39, 0.29) is 11.9 Å². The van der Waals surface area contributed by atoms with E-state index in [1.54, 1.807) is 0 Å². The van der Waals surface area contributed by atoms with E-state index in [1.165, 1.54) is 0 Å². The summed E-state index contributed by atoms with van der Waals surface area (Å²) in [7, 11) is 2.00. The maximum absolute atomic E-state index is 11.7. The molecule has 2 rings (SSSR count). The van der Waals surface area contributed by atoms with Gasteiger partial charge in [-0.25, -0.2) is 4.98 Å². The Kier molecular flexibility index (Phi) is 4.36. The molecule has 5 heteroatoms. The standard InChI is InChI=1S/C13H21N3O2/c1-3-18-13(17)11-5-4-7-16(9-11)10-12-14-6-8-15(12)2/h6,8,11H,3-5,7,9-10H2,1-2H3. The predicted molar refractivity (Wildman–Crippen MR) is 67.8 cm³/mol. The van der Waals surface area contributed by atoms with Crippen molar-refractivity contribution in [2.75, 3.05) is 19.7 Å². The van der Waals surface area contributed by atoms with E-state index in [4.69, 9.17) is 4.74 Å². The second-order valence-corrected chi connectivity index (χ2v) is 4.78. The summed E-state index contributed by atoms with van der Waals surface area (Å²) in [5.74, 6) is 1.01. The predicted octanol–water partition coefficient (Wildman–Crippen LogP) is 1.20. The van der Waals surface area contributed by atoms with Crippen LogP contribution in [0.3, 0.4) is 0 Å². The number of aryl methyl sites for hydroxylation is 1. The highest BCUT2D eigenvalue weighted by Gasteiger charge is 2.27. The number of rotatable bonds is 4. The quantitative estimate of drug-likeness (QED) is 0.754. The molecule has 1 fully saturated rings. The summed E-state index contributed by atoms with van der Waals surface area (Å²) >= 11 is 0. The zero-order chi connectivity index (χ0) is 13.0. The van der Waals surface area contributed by atoms with Crippen molar-refractivity contribution in [3.8, 4) is 0 Å². The summed E-state index contributed by atoms with van der Waals surface area (Å²) < 4.78 is 7.12. The Labute approximate surface area is 108 Å². The normalized spacial score (nSPS) is 20.9. The molecule has 100 valence electrons. The Hall–Kier alpha value is -1.36. The van der Waals surface area contributed by atoms with Gasteiger partial charge in [0.05, 0.1) is 19.1 Å². The molecule has 1 aliphatic heterocycles. The molecule has 0 radical (unpaired) electrons. The van der Waals surface area contributed by atoms with Crippen LogP contribution in [0.1, 0.15) is 25.6 Å². The van der Waals surface area contributed by atoms with Gasteiger partial charge in [0.15, 0.2) is 0 Å². The van der Waals surface area contributed by atoms with Crippen LogP contribution >= 0.6 is 0 Å². The summed E-state index contributed by atoms with van der Waals surface area (Å²) in [6.07, 6.45) is 5.74. The van der Waals surface area contributed by atoms with Crippen LogP contribution in [0, 0.1) is 5.92 Å². The maximum atomic E-state index is 11.7. The number of imidazole rings is 1. The molecular formula is C13H21N3O2. The lowest BCUT2D eigenvalue weighted by molar-refractivity contribution is -0.150. The molecule has 1 aromatic heterocycles. The van der Waals surface area contributed by atoms with Crippen molar-refractivity contribution < 1.29 is 9.53 Å². The number of ether oxygens (including phenoxy) is 1. The van der Waals surface area contributed by atoms with Crippen molar-refractivity contribution in [3.63, 3.8) is 0 Å². The van der Waals surface area contributed by atoms with Crippen LogP contribution in [0.5, 0.6) is 0 Å². The summed E-state index contributed by atoms with van der Waals surface area (Å²) in [5.41, 5.74) is 0. The first kappa shape index (κ1) is 13.1. The highest BCUT2D eigenvalue weighted by Crippen LogP contribution is 2.19. The van der Waals surface area contributed by atoms with E-state index in [0.717, 1.165) is 38.3 Å². The lowest BCUT2D eigenvalue weighted by Crippen LogP contribution is -2.39.